The SMILES string of the molecule is O=c1[nH]c(CCc2ncc(-c3cccc4cccnc34)[nH]2)nc2ccccc12. The van der Waals surface area contributed by atoms with Gasteiger partial charge in [0.2, 0.25) is 0 Å². The molecule has 6 heteroatoms. The van der Waals surface area contributed by atoms with Gasteiger partial charge in [0.05, 0.1) is 28.3 Å². The number of aromatic nitrogens is 5. The van der Waals surface area contributed by atoms with Crippen molar-refractivity contribution in [3.05, 3.63) is 89.0 Å². The Labute approximate surface area is 160 Å². The molecule has 0 radical (unpaired) electrons. The third-order valence-corrected chi connectivity index (χ3v) is 4.81. The molecular weight excluding hydrogens is 350 g/mol. The third kappa shape index (κ3) is 2.95. The lowest BCUT2D eigenvalue weighted by atomic mass is 10.1. The molecule has 0 amide bonds. The summed E-state index contributed by atoms with van der Waals surface area (Å²) >= 11 is 0. The third-order valence-electron chi connectivity index (χ3n) is 4.81. The molecule has 0 aliphatic heterocycles. The van der Waals surface area contributed by atoms with Crippen molar-refractivity contribution in [2.45, 2.75) is 12.8 Å². The van der Waals surface area contributed by atoms with Gasteiger partial charge in [-0.1, -0.05) is 36.4 Å². The Morgan fingerprint density at radius 1 is 0.821 bits per heavy atom. The van der Waals surface area contributed by atoms with Crippen LogP contribution in [0.5, 0.6) is 0 Å². The summed E-state index contributed by atoms with van der Waals surface area (Å²) in [4.78, 5) is 32.0. The Balaban J connectivity index is 1.41. The molecule has 5 aromatic rings. The molecule has 0 saturated heterocycles. The summed E-state index contributed by atoms with van der Waals surface area (Å²) in [5.74, 6) is 1.51. The van der Waals surface area contributed by atoms with Crippen LogP contribution in [-0.2, 0) is 12.8 Å². The number of rotatable bonds is 4. The van der Waals surface area contributed by atoms with Crippen molar-refractivity contribution >= 4 is 21.8 Å². The normalized spacial score (nSPS) is 11.3. The number of benzene rings is 2. The largest absolute Gasteiger partial charge is 0.342 e. The summed E-state index contributed by atoms with van der Waals surface area (Å²) in [7, 11) is 0. The Kier molecular flexibility index (Phi) is 3.94. The van der Waals surface area contributed by atoms with E-state index in [0.29, 0.717) is 29.6 Å². The molecule has 0 aliphatic carbocycles. The molecule has 0 unspecified atom stereocenters. The molecular formula is C22H17N5O. The molecule has 5 rings (SSSR count). The van der Waals surface area contributed by atoms with Gasteiger partial charge in [0.1, 0.15) is 11.6 Å². The fraction of sp³-hybridized carbons (Fsp3) is 0.0909. The van der Waals surface area contributed by atoms with Gasteiger partial charge in [-0.3, -0.25) is 9.78 Å². The second kappa shape index (κ2) is 6.74. The fourth-order valence-electron chi connectivity index (χ4n) is 3.44. The molecule has 0 aliphatic rings. The first-order chi connectivity index (χ1) is 13.8. The Hall–Kier alpha value is -3.80. The summed E-state index contributed by atoms with van der Waals surface area (Å²) in [6.07, 6.45) is 4.88. The molecule has 0 spiro atoms. The molecule has 6 nitrogen and oxygen atoms in total. The van der Waals surface area contributed by atoms with E-state index in [-0.39, 0.29) is 5.56 Å². The number of nitrogens with zero attached hydrogens (tertiary/aromatic N) is 3. The van der Waals surface area contributed by atoms with Gasteiger partial charge in [0, 0.05) is 30.0 Å². The van der Waals surface area contributed by atoms with E-state index >= 15 is 0 Å². The van der Waals surface area contributed by atoms with E-state index in [9.17, 15) is 4.79 Å². The molecule has 0 atom stereocenters. The molecule has 136 valence electrons. The van der Waals surface area contributed by atoms with Gasteiger partial charge < -0.3 is 9.97 Å². The van der Waals surface area contributed by atoms with Gasteiger partial charge in [-0.2, -0.15) is 0 Å². The Bertz CT molecular complexity index is 1350. The van der Waals surface area contributed by atoms with Crippen LogP contribution < -0.4 is 5.56 Å². The van der Waals surface area contributed by atoms with Gasteiger partial charge in [-0.25, -0.2) is 9.97 Å². The standard InChI is InChI=1S/C22H17N5O/c28-22-16-7-1-2-9-17(16)25-20(27-22)11-10-19-24-13-18(26-19)15-8-3-5-14-6-4-12-23-21(14)15/h1-9,12-13H,10-11H2,(H,24,26)(H,25,27,28). The first-order valence-corrected chi connectivity index (χ1v) is 9.14. The van der Waals surface area contributed by atoms with E-state index < -0.39 is 0 Å². The quantitative estimate of drug-likeness (QED) is 0.508. The predicted octanol–water partition coefficient (Wildman–Crippen LogP) is 3.65. The lowest BCUT2D eigenvalue weighted by Gasteiger charge is -2.03. The minimum Gasteiger partial charge on any atom is -0.342 e. The molecule has 2 aromatic carbocycles. The van der Waals surface area contributed by atoms with Gasteiger partial charge in [0.25, 0.3) is 5.56 Å². The molecule has 3 heterocycles. The minimum absolute atomic E-state index is 0.109. The number of fused-ring (bicyclic) bond motifs is 2. The number of para-hydroxylation sites is 2. The van der Waals surface area contributed by atoms with Crippen LogP contribution in [0.3, 0.4) is 0 Å². The van der Waals surface area contributed by atoms with Crippen LogP contribution in [0.1, 0.15) is 11.6 Å². The van der Waals surface area contributed by atoms with Crippen molar-refractivity contribution in [2.75, 3.05) is 0 Å². The van der Waals surface area contributed by atoms with Crippen LogP contribution in [0.4, 0.5) is 0 Å². The summed E-state index contributed by atoms with van der Waals surface area (Å²) < 4.78 is 0. The van der Waals surface area contributed by atoms with E-state index in [1.54, 1.807) is 12.3 Å². The van der Waals surface area contributed by atoms with Gasteiger partial charge in [-0.05, 0) is 18.2 Å². The highest BCUT2D eigenvalue weighted by atomic mass is 16.1. The van der Waals surface area contributed by atoms with Crippen LogP contribution in [0.15, 0.2) is 71.8 Å². The molecule has 0 bridgehead atoms. The maximum Gasteiger partial charge on any atom is 0.258 e. The summed E-state index contributed by atoms with van der Waals surface area (Å²) in [5.41, 5.74) is 3.50. The second-order valence-electron chi connectivity index (χ2n) is 6.65. The number of nitrogens with one attached hydrogen (secondary N) is 2. The number of aromatic amines is 2. The highest BCUT2D eigenvalue weighted by Crippen LogP contribution is 2.25. The number of hydrogen-bond donors (Lipinski definition) is 2. The zero-order valence-electron chi connectivity index (χ0n) is 15.0. The number of pyridine rings is 1. The van der Waals surface area contributed by atoms with Gasteiger partial charge in [-0.15, -0.1) is 0 Å². The van der Waals surface area contributed by atoms with E-state index in [1.807, 2.05) is 54.7 Å². The summed E-state index contributed by atoms with van der Waals surface area (Å²) in [6, 6.07) is 17.4. The second-order valence-corrected chi connectivity index (χ2v) is 6.65. The minimum atomic E-state index is -0.109. The van der Waals surface area contributed by atoms with Crippen LogP contribution in [0.2, 0.25) is 0 Å². The van der Waals surface area contributed by atoms with Crippen LogP contribution in [-0.4, -0.2) is 24.9 Å². The summed E-state index contributed by atoms with van der Waals surface area (Å²) in [6.45, 7) is 0. The highest BCUT2D eigenvalue weighted by Gasteiger charge is 2.09. The van der Waals surface area contributed by atoms with Crippen molar-refractivity contribution in [1.29, 1.82) is 0 Å². The topological polar surface area (TPSA) is 87.3 Å². The van der Waals surface area contributed by atoms with Gasteiger partial charge >= 0.3 is 0 Å². The van der Waals surface area contributed by atoms with Crippen LogP contribution >= 0.6 is 0 Å². The average Bonchev–Trinajstić information content (AvgIpc) is 3.21. The van der Waals surface area contributed by atoms with Crippen molar-refractivity contribution in [1.82, 2.24) is 24.9 Å². The van der Waals surface area contributed by atoms with Crippen LogP contribution in [0.25, 0.3) is 33.1 Å². The number of hydrogen-bond acceptors (Lipinski definition) is 4. The smallest absolute Gasteiger partial charge is 0.258 e. The molecule has 0 fully saturated rings. The van der Waals surface area contributed by atoms with E-state index in [2.05, 4.69) is 24.9 Å². The van der Waals surface area contributed by atoms with Crippen molar-refractivity contribution < 1.29 is 0 Å². The molecule has 0 saturated carbocycles. The predicted molar refractivity (Wildman–Crippen MR) is 109 cm³/mol. The maximum absolute atomic E-state index is 12.2. The summed E-state index contributed by atoms with van der Waals surface area (Å²) in [5, 5.41) is 1.70. The molecule has 28 heavy (non-hydrogen) atoms. The zero-order chi connectivity index (χ0) is 18.9. The van der Waals surface area contributed by atoms with E-state index in [1.165, 1.54) is 0 Å². The Morgan fingerprint density at radius 2 is 1.68 bits per heavy atom. The van der Waals surface area contributed by atoms with Crippen LogP contribution in [0, 0.1) is 0 Å². The zero-order valence-corrected chi connectivity index (χ0v) is 15.0. The van der Waals surface area contributed by atoms with E-state index in [4.69, 9.17) is 0 Å². The number of imidazole rings is 1. The lowest BCUT2D eigenvalue weighted by Crippen LogP contribution is -2.12. The number of aryl methyl sites for hydroxylation is 2. The number of H-pyrrole nitrogens is 2. The van der Waals surface area contributed by atoms with E-state index in [0.717, 1.165) is 28.0 Å². The lowest BCUT2D eigenvalue weighted by molar-refractivity contribution is 0.821. The van der Waals surface area contributed by atoms with Crippen molar-refractivity contribution in [2.24, 2.45) is 0 Å². The Morgan fingerprint density at radius 3 is 2.64 bits per heavy atom. The first-order valence-electron chi connectivity index (χ1n) is 9.14. The molecule has 2 N–H and O–H groups in total. The average molecular weight is 367 g/mol. The highest BCUT2D eigenvalue weighted by molar-refractivity contribution is 5.92. The fourth-order valence-corrected chi connectivity index (χ4v) is 3.44. The molecule has 3 aromatic heterocycles. The van der Waals surface area contributed by atoms with Crippen molar-refractivity contribution in [3.63, 3.8) is 0 Å². The maximum atomic E-state index is 12.2. The van der Waals surface area contributed by atoms with Gasteiger partial charge in [0.15, 0.2) is 0 Å². The van der Waals surface area contributed by atoms with Crippen molar-refractivity contribution in [3.8, 4) is 11.3 Å². The monoisotopic (exact) mass is 367 g/mol. The first kappa shape index (κ1) is 16.4.